The van der Waals surface area contributed by atoms with Gasteiger partial charge in [-0.3, -0.25) is 4.79 Å². The summed E-state index contributed by atoms with van der Waals surface area (Å²) in [5.41, 5.74) is 1.32. The lowest BCUT2D eigenvalue weighted by atomic mass is 10.1. The summed E-state index contributed by atoms with van der Waals surface area (Å²) >= 11 is 1.56. The molecule has 2 N–H and O–H groups in total. The Bertz CT molecular complexity index is 769. The SMILES string of the molecule is Cc1c(C(=O)N2CCCC2CC(O)c2cccs2)nnn1C1CCNCC1. The Kier molecular flexibility index (Phi) is 5.56. The average molecular weight is 390 g/mol. The van der Waals surface area contributed by atoms with Gasteiger partial charge in [-0.2, -0.15) is 0 Å². The van der Waals surface area contributed by atoms with Crippen LogP contribution in [0.4, 0.5) is 0 Å². The minimum atomic E-state index is -0.519. The van der Waals surface area contributed by atoms with Crippen LogP contribution < -0.4 is 5.32 Å². The molecule has 0 radical (unpaired) electrons. The smallest absolute Gasteiger partial charge is 0.276 e. The molecule has 0 spiro atoms. The van der Waals surface area contributed by atoms with E-state index in [0.717, 1.165) is 55.9 Å². The van der Waals surface area contributed by atoms with E-state index in [2.05, 4.69) is 15.6 Å². The van der Waals surface area contributed by atoms with E-state index >= 15 is 0 Å². The lowest BCUT2D eigenvalue weighted by Gasteiger charge is -2.26. The molecule has 0 aromatic carbocycles. The van der Waals surface area contributed by atoms with Crippen LogP contribution in [0.2, 0.25) is 0 Å². The molecule has 8 heteroatoms. The number of piperidine rings is 1. The maximum absolute atomic E-state index is 13.2. The summed E-state index contributed by atoms with van der Waals surface area (Å²) in [4.78, 5) is 16.0. The average Bonchev–Trinajstić information content (AvgIpc) is 3.43. The van der Waals surface area contributed by atoms with Crippen molar-refractivity contribution >= 4 is 17.2 Å². The number of thiophene rings is 1. The summed E-state index contributed by atoms with van der Waals surface area (Å²) in [5, 5.41) is 24.4. The summed E-state index contributed by atoms with van der Waals surface area (Å²) < 4.78 is 1.93. The zero-order valence-corrected chi connectivity index (χ0v) is 16.5. The van der Waals surface area contributed by atoms with E-state index in [1.165, 1.54) is 0 Å². The zero-order chi connectivity index (χ0) is 18.8. The largest absolute Gasteiger partial charge is 0.387 e. The quantitative estimate of drug-likeness (QED) is 0.820. The monoisotopic (exact) mass is 389 g/mol. The fourth-order valence-electron chi connectivity index (χ4n) is 4.28. The van der Waals surface area contributed by atoms with Gasteiger partial charge in [-0.1, -0.05) is 11.3 Å². The van der Waals surface area contributed by atoms with Crippen molar-refractivity contribution < 1.29 is 9.90 Å². The van der Waals surface area contributed by atoms with E-state index in [9.17, 15) is 9.90 Å². The second kappa shape index (κ2) is 8.08. The standard InChI is InChI=1S/C19H27N5O2S/c1-13-18(21-22-24(13)14-6-8-20-9-7-14)19(26)23-10-2-4-15(23)12-16(25)17-5-3-11-27-17/h3,5,11,14-16,20,25H,2,4,6-10,12H2,1H3. The van der Waals surface area contributed by atoms with Gasteiger partial charge in [0.25, 0.3) is 5.91 Å². The molecule has 2 aliphatic rings. The summed E-state index contributed by atoms with van der Waals surface area (Å²) in [5.74, 6) is -0.0476. The van der Waals surface area contributed by atoms with E-state index in [1.807, 2.05) is 34.0 Å². The molecule has 2 saturated heterocycles. The van der Waals surface area contributed by atoms with Gasteiger partial charge in [0.2, 0.25) is 0 Å². The van der Waals surface area contributed by atoms with Gasteiger partial charge in [-0.15, -0.1) is 16.4 Å². The molecule has 2 aromatic heterocycles. The normalized spacial score (nSPS) is 22.3. The number of amides is 1. The first kappa shape index (κ1) is 18.6. The topological polar surface area (TPSA) is 83.3 Å². The van der Waals surface area contributed by atoms with Crippen molar-refractivity contribution in [2.75, 3.05) is 19.6 Å². The number of aliphatic hydroxyl groups is 1. The Balaban J connectivity index is 1.47. The number of aromatic nitrogens is 3. The third-order valence-corrected chi connectivity index (χ3v) is 6.76. The Morgan fingerprint density at radius 1 is 1.41 bits per heavy atom. The van der Waals surface area contributed by atoms with Crippen LogP contribution in [0.15, 0.2) is 17.5 Å². The van der Waals surface area contributed by atoms with Gasteiger partial charge < -0.3 is 15.3 Å². The predicted molar refractivity (Wildman–Crippen MR) is 104 cm³/mol. The van der Waals surface area contributed by atoms with Crippen molar-refractivity contribution in [2.45, 2.75) is 57.2 Å². The highest BCUT2D eigenvalue weighted by Gasteiger charge is 2.34. The van der Waals surface area contributed by atoms with Gasteiger partial charge in [0.15, 0.2) is 5.69 Å². The van der Waals surface area contributed by atoms with Gasteiger partial charge in [0.1, 0.15) is 0 Å². The Hall–Kier alpha value is -1.77. The molecule has 4 rings (SSSR count). The number of nitrogens with zero attached hydrogens (tertiary/aromatic N) is 4. The first-order valence-corrected chi connectivity index (χ1v) is 10.7. The number of hydrogen-bond donors (Lipinski definition) is 2. The molecule has 2 atom stereocenters. The van der Waals surface area contributed by atoms with Gasteiger partial charge >= 0.3 is 0 Å². The third-order valence-electron chi connectivity index (χ3n) is 5.79. The van der Waals surface area contributed by atoms with Crippen LogP contribution in [0.5, 0.6) is 0 Å². The molecule has 2 aliphatic heterocycles. The van der Waals surface area contributed by atoms with Crippen molar-refractivity contribution in [3.05, 3.63) is 33.8 Å². The molecule has 146 valence electrons. The van der Waals surface area contributed by atoms with Crippen molar-refractivity contribution in [1.82, 2.24) is 25.2 Å². The fourth-order valence-corrected chi connectivity index (χ4v) is 5.00. The Morgan fingerprint density at radius 2 is 2.22 bits per heavy atom. The van der Waals surface area contributed by atoms with Crippen LogP contribution in [0.25, 0.3) is 0 Å². The van der Waals surface area contributed by atoms with E-state index in [-0.39, 0.29) is 11.9 Å². The first-order chi connectivity index (χ1) is 13.1. The fraction of sp³-hybridized carbons (Fsp3) is 0.632. The van der Waals surface area contributed by atoms with Crippen LogP contribution in [0, 0.1) is 6.92 Å². The molecule has 27 heavy (non-hydrogen) atoms. The van der Waals surface area contributed by atoms with E-state index in [1.54, 1.807) is 11.3 Å². The maximum Gasteiger partial charge on any atom is 0.276 e. The predicted octanol–water partition coefficient (Wildman–Crippen LogP) is 2.30. The van der Waals surface area contributed by atoms with Crippen LogP contribution in [0.1, 0.15) is 65.3 Å². The minimum Gasteiger partial charge on any atom is -0.387 e. The van der Waals surface area contributed by atoms with Crippen molar-refractivity contribution in [2.24, 2.45) is 0 Å². The van der Waals surface area contributed by atoms with E-state index in [0.29, 0.717) is 18.2 Å². The maximum atomic E-state index is 13.2. The zero-order valence-electron chi connectivity index (χ0n) is 15.7. The Labute approximate surface area is 163 Å². The number of likely N-dealkylation sites (tertiary alicyclic amines) is 1. The molecule has 7 nitrogen and oxygen atoms in total. The molecule has 0 bridgehead atoms. The number of rotatable bonds is 5. The summed E-state index contributed by atoms with van der Waals surface area (Å²) in [6.45, 7) is 4.62. The van der Waals surface area contributed by atoms with Crippen LogP contribution >= 0.6 is 11.3 Å². The van der Waals surface area contributed by atoms with Gasteiger partial charge in [0.05, 0.1) is 17.8 Å². The minimum absolute atomic E-state index is 0.0476. The molecule has 1 amide bonds. The molecule has 0 aliphatic carbocycles. The molecule has 2 aromatic rings. The van der Waals surface area contributed by atoms with Crippen molar-refractivity contribution in [3.63, 3.8) is 0 Å². The van der Waals surface area contributed by atoms with Gasteiger partial charge in [-0.25, -0.2) is 4.68 Å². The molecule has 0 saturated carbocycles. The van der Waals surface area contributed by atoms with Gasteiger partial charge in [-0.05, 0) is 63.6 Å². The lowest BCUT2D eigenvalue weighted by molar-refractivity contribution is 0.0663. The van der Waals surface area contributed by atoms with E-state index in [4.69, 9.17) is 0 Å². The first-order valence-electron chi connectivity index (χ1n) is 9.80. The Morgan fingerprint density at radius 3 is 2.96 bits per heavy atom. The highest BCUT2D eigenvalue weighted by atomic mass is 32.1. The number of nitrogens with one attached hydrogen (secondary N) is 1. The summed E-state index contributed by atoms with van der Waals surface area (Å²) in [6, 6.07) is 4.27. The number of carbonyl (C=O) groups excluding carboxylic acids is 1. The lowest BCUT2D eigenvalue weighted by Crippen LogP contribution is -2.37. The molecule has 2 fully saturated rings. The highest BCUT2D eigenvalue weighted by Crippen LogP contribution is 2.31. The molecular weight excluding hydrogens is 362 g/mol. The number of hydrogen-bond acceptors (Lipinski definition) is 6. The van der Waals surface area contributed by atoms with Crippen LogP contribution in [-0.2, 0) is 0 Å². The second-order valence-electron chi connectivity index (χ2n) is 7.51. The summed E-state index contributed by atoms with van der Waals surface area (Å²) in [6.07, 6.45) is 3.97. The van der Waals surface area contributed by atoms with Crippen LogP contribution in [-0.4, -0.2) is 56.6 Å². The van der Waals surface area contributed by atoms with Gasteiger partial charge in [0, 0.05) is 17.5 Å². The van der Waals surface area contributed by atoms with Crippen molar-refractivity contribution in [3.8, 4) is 0 Å². The number of aliphatic hydroxyl groups excluding tert-OH is 1. The highest BCUT2D eigenvalue weighted by molar-refractivity contribution is 7.10. The molecular formula is C19H27N5O2S. The molecule has 4 heterocycles. The number of carbonyl (C=O) groups is 1. The third kappa shape index (κ3) is 3.79. The second-order valence-corrected chi connectivity index (χ2v) is 8.49. The summed E-state index contributed by atoms with van der Waals surface area (Å²) in [7, 11) is 0. The van der Waals surface area contributed by atoms with E-state index < -0.39 is 6.10 Å². The van der Waals surface area contributed by atoms with Crippen molar-refractivity contribution in [1.29, 1.82) is 0 Å². The molecule has 2 unspecified atom stereocenters. The van der Waals surface area contributed by atoms with Crippen LogP contribution in [0.3, 0.4) is 0 Å².